The molecule has 1 aliphatic heterocycles. The smallest absolute Gasteiger partial charge is 0.181 e. The third-order valence-electron chi connectivity index (χ3n) is 7.40. The Labute approximate surface area is 230 Å². The van der Waals surface area contributed by atoms with Crippen molar-refractivity contribution in [2.75, 3.05) is 4.90 Å². The Morgan fingerprint density at radius 1 is 0.538 bits per heavy atom. The highest BCUT2D eigenvalue weighted by molar-refractivity contribution is 7.16. The summed E-state index contributed by atoms with van der Waals surface area (Å²) in [6.45, 7) is 4.46. The number of rotatable bonds is 5. The maximum Gasteiger partial charge on any atom is 0.181 e. The van der Waals surface area contributed by atoms with Crippen LogP contribution in [0.2, 0.25) is 0 Å². The van der Waals surface area contributed by atoms with Crippen molar-refractivity contribution in [3.8, 4) is 0 Å². The number of hydrogen-bond donors (Lipinski definition) is 0. The van der Waals surface area contributed by atoms with E-state index in [1.165, 1.54) is 15.6 Å². The topological polar surface area (TPSA) is 3.24 Å². The van der Waals surface area contributed by atoms with E-state index >= 15 is 0 Å². The Kier molecular flexibility index (Phi) is 6.66. The van der Waals surface area contributed by atoms with Crippen LogP contribution in [-0.4, -0.2) is 8.07 Å². The first kappa shape index (κ1) is 24.6. The van der Waals surface area contributed by atoms with Crippen LogP contribution in [0.25, 0.3) is 5.57 Å². The molecule has 39 heavy (non-hydrogen) atoms. The van der Waals surface area contributed by atoms with Crippen LogP contribution in [0.5, 0.6) is 0 Å². The molecule has 0 unspecified atom stereocenters. The normalized spacial score (nSPS) is 15.5. The predicted octanol–water partition coefficient (Wildman–Crippen LogP) is 7.14. The van der Waals surface area contributed by atoms with Gasteiger partial charge < -0.3 is 4.90 Å². The molecule has 0 N–H and O–H groups in total. The average Bonchev–Trinajstić information content (AvgIpc) is 3.00. The van der Waals surface area contributed by atoms with E-state index in [1.807, 2.05) is 18.2 Å². The summed E-state index contributed by atoms with van der Waals surface area (Å²) in [7, 11) is -2.90. The van der Waals surface area contributed by atoms with Gasteiger partial charge in [-0.05, 0) is 56.7 Å². The molecule has 0 atom stereocenters. The van der Waals surface area contributed by atoms with Gasteiger partial charge >= 0.3 is 0 Å². The Balaban J connectivity index is 1.74. The van der Waals surface area contributed by atoms with E-state index in [2.05, 4.69) is 139 Å². The molecule has 0 saturated carbocycles. The second-order valence-corrected chi connectivity index (χ2v) is 13.5. The number of anilines is 2. The van der Waals surface area contributed by atoms with Gasteiger partial charge in [0.2, 0.25) is 0 Å². The van der Waals surface area contributed by atoms with Crippen molar-refractivity contribution in [3.05, 3.63) is 181 Å². The SMILES string of the molecule is C=C1/C=C\C([Si](c2ccccc2)(c2ccccc2)c2ccc(F)cc2)=C/N(c2ccccc2)c2ccccc21. The molecular formula is C36H28FNSi. The van der Waals surface area contributed by atoms with Gasteiger partial charge in [-0.1, -0.05) is 128 Å². The fourth-order valence-electron chi connectivity index (χ4n) is 5.59. The van der Waals surface area contributed by atoms with E-state index in [-0.39, 0.29) is 5.82 Å². The van der Waals surface area contributed by atoms with E-state index in [0.717, 1.165) is 27.7 Å². The monoisotopic (exact) mass is 521 g/mol. The van der Waals surface area contributed by atoms with Gasteiger partial charge in [0.15, 0.2) is 8.07 Å². The molecule has 1 aliphatic rings. The first-order chi connectivity index (χ1) is 19.2. The molecule has 3 heteroatoms. The third-order valence-corrected chi connectivity index (χ3v) is 12.2. The predicted molar refractivity (Wildman–Crippen MR) is 165 cm³/mol. The van der Waals surface area contributed by atoms with Gasteiger partial charge in [0.1, 0.15) is 5.82 Å². The zero-order chi connectivity index (χ0) is 26.7. The number of allylic oxidation sites excluding steroid dienone is 4. The number of benzene rings is 5. The highest BCUT2D eigenvalue weighted by Gasteiger charge is 2.43. The molecule has 1 nitrogen and oxygen atoms in total. The Bertz CT molecular complexity index is 1620. The fourth-order valence-corrected chi connectivity index (χ4v) is 10.3. The summed E-state index contributed by atoms with van der Waals surface area (Å²) < 4.78 is 14.3. The molecule has 6 rings (SSSR count). The minimum absolute atomic E-state index is 0.238. The molecule has 0 spiro atoms. The van der Waals surface area contributed by atoms with Gasteiger partial charge in [0.25, 0.3) is 0 Å². The molecular weight excluding hydrogens is 493 g/mol. The van der Waals surface area contributed by atoms with Crippen LogP contribution in [0.15, 0.2) is 170 Å². The van der Waals surface area contributed by atoms with Crippen molar-refractivity contribution in [2.24, 2.45) is 0 Å². The molecule has 0 radical (unpaired) electrons. The highest BCUT2D eigenvalue weighted by Crippen LogP contribution is 2.36. The van der Waals surface area contributed by atoms with Crippen LogP contribution in [0, 0.1) is 5.82 Å². The quantitative estimate of drug-likeness (QED) is 0.176. The molecule has 0 fully saturated rings. The van der Waals surface area contributed by atoms with Crippen LogP contribution >= 0.6 is 0 Å². The minimum Gasteiger partial charge on any atom is -0.317 e. The van der Waals surface area contributed by atoms with Gasteiger partial charge in [-0.2, -0.15) is 0 Å². The molecule has 5 aromatic carbocycles. The number of halogens is 1. The van der Waals surface area contributed by atoms with Crippen molar-refractivity contribution in [3.63, 3.8) is 0 Å². The number of para-hydroxylation sites is 2. The fraction of sp³-hybridized carbons (Fsp3) is 0. The van der Waals surface area contributed by atoms with E-state index in [9.17, 15) is 4.39 Å². The summed E-state index contributed by atoms with van der Waals surface area (Å²) in [4.78, 5) is 2.27. The van der Waals surface area contributed by atoms with Crippen molar-refractivity contribution >= 4 is 40.6 Å². The van der Waals surface area contributed by atoms with Crippen molar-refractivity contribution in [2.45, 2.75) is 0 Å². The van der Waals surface area contributed by atoms with Crippen LogP contribution in [-0.2, 0) is 0 Å². The van der Waals surface area contributed by atoms with E-state index in [4.69, 9.17) is 0 Å². The van der Waals surface area contributed by atoms with Gasteiger partial charge in [0, 0.05) is 17.5 Å². The van der Waals surface area contributed by atoms with E-state index in [0.29, 0.717) is 0 Å². The molecule has 0 bridgehead atoms. The first-order valence-electron chi connectivity index (χ1n) is 13.1. The second kappa shape index (κ2) is 10.6. The number of hydrogen-bond acceptors (Lipinski definition) is 1. The lowest BCUT2D eigenvalue weighted by Crippen LogP contribution is -2.68. The Morgan fingerprint density at radius 2 is 1.05 bits per heavy atom. The zero-order valence-corrected chi connectivity index (χ0v) is 22.5. The van der Waals surface area contributed by atoms with E-state index < -0.39 is 8.07 Å². The van der Waals surface area contributed by atoms with Gasteiger partial charge in [-0.25, -0.2) is 4.39 Å². The van der Waals surface area contributed by atoms with Gasteiger partial charge in [-0.15, -0.1) is 0 Å². The lowest BCUT2D eigenvalue weighted by Gasteiger charge is -2.37. The van der Waals surface area contributed by atoms with Crippen molar-refractivity contribution < 1.29 is 4.39 Å². The minimum atomic E-state index is -2.90. The Hall–Kier alpha value is -4.73. The summed E-state index contributed by atoms with van der Waals surface area (Å²) in [5.41, 5.74) is 4.16. The molecule has 0 aromatic heterocycles. The molecule has 0 amide bonds. The standard InChI is InChI=1S/C36H28FNSi/c1-28-21-24-34(27-38(30-13-5-2-6-14-30)36-20-12-11-19-35(28)36)39(31-15-7-3-8-16-31,32-17-9-4-10-18-32)33-25-22-29(37)23-26-33/h2-27H,1H2/b24-21-,34-27+. The summed E-state index contributed by atoms with van der Waals surface area (Å²) in [6.07, 6.45) is 6.64. The van der Waals surface area contributed by atoms with Crippen LogP contribution in [0.4, 0.5) is 15.8 Å². The first-order valence-corrected chi connectivity index (χ1v) is 15.1. The second-order valence-electron chi connectivity index (χ2n) is 9.65. The summed E-state index contributed by atoms with van der Waals surface area (Å²) in [5, 5.41) is 4.74. The lowest BCUT2D eigenvalue weighted by atomic mass is 10.0. The van der Waals surface area contributed by atoms with Gasteiger partial charge in [-0.3, -0.25) is 0 Å². The van der Waals surface area contributed by atoms with Crippen LogP contribution < -0.4 is 20.5 Å². The highest BCUT2D eigenvalue weighted by atomic mass is 28.3. The maximum absolute atomic E-state index is 14.3. The largest absolute Gasteiger partial charge is 0.317 e. The number of fused-ring (bicyclic) bond motifs is 1. The zero-order valence-electron chi connectivity index (χ0n) is 21.5. The number of nitrogens with zero attached hydrogens (tertiary/aromatic N) is 1. The third kappa shape index (κ3) is 4.47. The van der Waals surface area contributed by atoms with Crippen LogP contribution in [0.1, 0.15) is 5.56 Å². The summed E-state index contributed by atoms with van der Waals surface area (Å²) in [5.74, 6) is -0.238. The van der Waals surface area contributed by atoms with E-state index in [1.54, 1.807) is 12.1 Å². The molecule has 0 aliphatic carbocycles. The van der Waals surface area contributed by atoms with Gasteiger partial charge in [0.05, 0.1) is 5.69 Å². The molecule has 0 saturated heterocycles. The summed E-state index contributed by atoms with van der Waals surface area (Å²) >= 11 is 0. The van der Waals surface area contributed by atoms with Crippen LogP contribution in [0.3, 0.4) is 0 Å². The molecule has 188 valence electrons. The maximum atomic E-state index is 14.3. The Morgan fingerprint density at radius 3 is 1.67 bits per heavy atom. The lowest BCUT2D eigenvalue weighted by molar-refractivity contribution is 0.628. The average molecular weight is 522 g/mol. The summed E-state index contributed by atoms with van der Waals surface area (Å²) in [6, 6.07) is 47.3. The molecule has 5 aromatic rings. The molecule has 1 heterocycles. The van der Waals surface area contributed by atoms with Crippen molar-refractivity contribution in [1.82, 2.24) is 0 Å². The van der Waals surface area contributed by atoms with Crippen molar-refractivity contribution in [1.29, 1.82) is 0 Å².